The topological polar surface area (TPSA) is 72.6 Å². The van der Waals surface area contributed by atoms with E-state index in [0.717, 1.165) is 6.42 Å². The van der Waals surface area contributed by atoms with Crippen molar-refractivity contribution in [3.63, 3.8) is 0 Å². The largest absolute Gasteiger partial charge is 0.398 e. The van der Waals surface area contributed by atoms with E-state index in [1.54, 1.807) is 12.1 Å². The fraction of sp³-hybridized carbons (Fsp3) is 0.500. The van der Waals surface area contributed by atoms with Gasteiger partial charge in [-0.05, 0) is 40.5 Å². The normalized spacial score (nSPS) is 21.5. The highest BCUT2D eigenvalue weighted by atomic mass is 79.9. The number of nitrogen functional groups attached to an aromatic ring is 1. The molecule has 0 aliphatic carbocycles. The molecule has 1 atom stereocenters. The lowest BCUT2D eigenvalue weighted by Gasteiger charge is -2.31. The minimum atomic E-state index is -3.49. The summed E-state index contributed by atoms with van der Waals surface area (Å²) in [5.41, 5.74) is 6.16. The first-order valence-electron chi connectivity index (χ1n) is 6.12. The molecular weight excluding hydrogens is 332 g/mol. The molecule has 1 aromatic rings. The second-order valence-electron chi connectivity index (χ2n) is 4.45. The van der Waals surface area contributed by atoms with Crippen LogP contribution in [0.4, 0.5) is 5.69 Å². The van der Waals surface area contributed by atoms with Crippen molar-refractivity contribution in [2.75, 3.05) is 25.4 Å². The van der Waals surface area contributed by atoms with Gasteiger partial charge in [-0.3, -0.25) is 0 Å². The Morgan fingerprint density at radius 2 is 2.26 bits per heavy atom. The van der Waals surface area contributed by atoms with Gasteiger partial charge >= 0.3 is 0 Å². The molecule has 5 nitrogen and oxygen atoms in total. The van der Waals surface area contributed by atoms with Crippen molar-refractivity contribution in [3.05, 3.63) is 22.7 Å². The van der Waals surface area contributed by atoms with Crippen LogP contribution in [0.2, 0.25) is 0 Å². The molecule has 7 heteroatoms. The second-order valence-corrected chi connectivity index (χ2v) is 7.24. The van der Waals surface area contributed by atoms with Crippen LogP contribution in [0.5, 0.6) is 0 Å². The van der Waals surface area contributed by atoms with Crippen molar-refractivity contribution in [2.45, 2.75) is 24.3 Å². The minimum absolute atomic E-state index is 0.0312. The number of rotatable bonds is 3. The molecule has 0 bridgehead atoms. The molecule has 1 saturated heterocycles. The van der Waals surface area contributed by atoms with Crippen LogP contribution in [-0.4, -0.2) is 38.5 Å². The number of anilines is 1. The number of halogens is 1. The van der Waals surface area contributed by atoms with Crippen molar-refractivity contribution >= 4 is 31.6 Å². The highest BCUT2D eigenvalue weighted by Crippen LogP contribution is 2.26. The average Bonchev–Trinajstić information content (AvgIpc) is 2.41. The van der Waals surface area contributed by atoms with Gasteiger partial charge in [0.1, 0.15) is 0 Å². The molecule has 1 unspecified atom stereocenters. The number of ether oxygens (including phenoxy) is 1. The number of hydrogen-bond acceptors (Lipinski definition) is 4. The van der Waals surface area contributed by atoms with Gasteiger partial charge in [0.15, 0.2) is 0 Å². The highest BCUT2D eigenvalue weighted by Gasteiger charge is 2.30. The van der Waals surface area contributed by atoms with E-state index >= 15 is 0 Å². The van der Waals surface area contributed by atoms with E-state index in [9.17, 15) is 8.42 Å². The van der Waals surface area contributed by atoms with Gasteiger partial charge in [-0.2, -0.15) is 4.31 Å². The van der Waals surface area contributed by atoms with E-state index < -0.39 is 10.0 Å². The number of nitrogens with two attached hydrogens (primary N) is 1. The molecule has 0 saturated carbocycles. The molecule has 1 fully saturated rings. The van der Waals surface area contributed by atoms with Gasteiger partial charge in [0.05, 0.1) is 17.6 Å². The summed E-state index contributed by atoms with van der Waals surface area (Å²) in [4.78, 5) is 0.227. The third kappa shape index (κ3) is 3.10. The lowest BCUT2D eigenvalue weighted by molar-refractivity contribution is -0.00277. The predicted octanol–water partition coefficient (Wildman–Crippen LogP) is 1.83. The Morgan fingerprint density at radius 3 is 2.89 bits per heavy atom. The third-order valence-corrected chi connectivity index (χ3v) is 5.75. The second kappa shape index (κ2) is 5.78. The molecule has 0 spiro atoms. The fourth-order valence-electron chi connectivity index (χ4n) is 1.99. The zero-order valence-corrected chi connectivity index (χ0v) is 13.1. The number of nitrogens with zero attached hydrogens (tertiary/aromatic N) is 1. The molecule has 2 N–H and O–H groups in total. The Bertz CT molecular complexity index is 562. The monoisotopic (exact) mass is 348 g/mol. The number of benzene rings is 1. The Balaban J connectivity index is 2.28. The highest BCUT2D eigenvalue weighted by molar-refractivity contribution is 9.10. The van der Waals surface area contributed by atoms with Crippen LogP contribution in [0, 0.1) is 0 Å². The first-order chi connectivity index (χ1) is 8.95. The van der Waals surface area contributed by atoms with Crippen molar-refractivity contribution in [3.8, 4) is 0 Å². The molecule has 0 amide bonds. The maximum Gasteiger partial charge on any atom is 0.243 e. The molecule has 2 rings (SSSR count). The molecule has 0 aromatic heterocycles. The van der Waals surface area contributed by atoms with E-state index in [4.69, 9.17) is 10.5 Å². The van der Waals surface area contributed by atoms with Crippen LogP contribution in [0.1, 0.15) is 13.3 Å². The van der Waals surface area contributed by atoms with Gasteiger partial charge in [0.25, 0.3) is 0 Å². The zero-order valence-electron chi connectivity index (χ0n) is 10.7. The fourth-order valence-corrected chi connectivity index (χ4v) is 3.73. The molecule has 1 heterocycles. The number of morpholine rings is 1. The Kier molecular flexibility index (Phi) is 4.50. The summed E-state index contributed by atoms with van der Waals surface area (Å²) in [6.45, 7) is 3.20. The standard InChI is InChI=1S/C12H17BrN2O3S/c1-2-9-8-15(5-6-18-9)19(16,17)10-3-4-11(13)12(14)7-10/h3-4,7,9H,2,5-6,8,14H2,1H3. The maximum atomic E-state index is 12.5. The van der Waals surface area contributed by atoms with Gasteiger partial charge < -0.3 is 10.5 Å². The smallest absolute Gasteiger partial charge is 0.243 e. The molecule has 106 valence electrons. The van der Waals surface area contributed by atoms with Gasteiger partial charge in [-0.1, -0.05) is 6.92 Å². The van der Waals surface area contributed by atoms with Crippen LogP contribution < -0.4 is 5.73 Å². The Morgan fingerprint density at radius 1 is 1.53 bits per heavy atom. The summed E-state index contributed by atoms with van der Waals surface area (Å²) in [6, 6.07) is 4.70. The van der Waals surface area contributed by atoms with E-state index in [2.05, 4.69) is 15.9 Å². The molecule has 1 aliphatic rings. The average molecular weight is 349 g/mol. The van der Waals surface area contributed by atoms with Crippen LogP contribution >= 0.6 is 15.9 Å². The molecule has 1 aliphatic heterocycles. The van der Waals surface area contributed by atoms with Gasteiger partial charge in [0.2, 0.25) is 10.0 Å². The molecule has 1 aromatic carbocycles. The maximum absolute atomic E-state index is 12.5. The van der Waals surface area contributed by atoms with E-state index in [-0.39, 0.29) is 11.0 Å². The van der Waals surface area contributed by atoms with Crippen molar-refractivity contribution in [2.24, 2.45) is 0 Å². The lowest BCUT2D eigenvalue weighted by Crippen LogP contribution is -2.45. The van der Waals surface area contributed by atoms with Crippen molar-refractivity contribution < 1.29 is 13.2 Å². The Labute approximate surface area is 121 Å². The Hall–Kier alpha value is -0.630. The first-order valence-corrected chi connectivity index (χ1v) is 8.35. The van der Waals surface area contributed by atoms with Crippen LogP contribution in [0.15, 0.2) is 27.6 Å². The third-order valence-electron chi connectivity index (χ3n) is 3.16. The molecule has 0 radical (unpaired) electrons. The van der Waals surface area contributed by atoms with Crippen LogP contribution in [-0.2, 0) is 14.8 Å². The molecular formula is C12H17BrN2O3S. The SMILES string of the molecule is CCC1CN(S(=O)(=O)c2ccc(Br)c(N)c2)CCO1. The van der Waals surface area contributed by atoms with Gasteiger partial charge in [-0.15, -0.1) is 0 Å². The van der Waals surface area contributed by atoms with Gasteiger partial charge in [-0.25, -0.2) is 8.42 Å². The quantitative estimate of drug-likeness (QED) is 0.845. The predicted molar refractivity (Wildman–Crippen MR) is 77.3 cm³/mol. The first kappa shape index (κ1) is 14.8. The zero-order chi connectivity index (χ0) is 14.0. The lowest BCUT2D eigenvalue weighted by atomic mass is 10.2. The minimum Gasteiger partial charge on any atom is -0.398 e. The number of hydrogen-bond donors (Lipinski definition) is 1. The van der Waals surface area contributed by atoms with Crippen LogP contribution in [0.3, 0.4) is 0 Å². The summed E-state index contributed by atoms with van der Waals surface area (Å²) in [5, 5.41) is 0. The molecule has 19 heavy (non-hydrogen) atoms. The van der Waals surface area contributed by atoms with Gasteiger partial charge in [0, 0.05) is 23.2 Å². The summed E-state index contributed by atoms with van der Waals surface area (Å²) < 4.78 is 32.7. The van der Waals surface area contributed by atoms with Crippen molar-refractivity contribution in [1.29, 1.82) is 0 Å². The summed E-state index contributed by atoms with van der Waals surface area (Å²) in [5.74, 6) is 0. The van der Waals surface area contributed by atoms with E-state index in [1.807, 2.05) is 6.92 Å². The van der Waals surface area contributed by atoms with E-state index in [1.165, 1.54) is 10.4 Å². The number of sulfonamides is 1. The van der Waals surface area contributed by atoms with E-state index in [0.29, 0.717) is 29.9 Å². The summed E-state index contributed by atoms with van der Waals surface area (Å²) in [6.07, 6.45) is 0.769. The van der Waals surface area contributed by atoms with Crippen LogP contribution in [0.25, 0.3) is 0 Å². The van der Waals surface area contributed by atoms with Crippen molar-refractivity contribution in [1.82, 2.24) is 4.31 Å². The summed E-state index contributed by atoms with van der Waals surface area (Å²) >= 11 is 3.26. The summed E-state index contributed by atoms with van der Waals surface area (Å²) in [7, 11) is -3.49.